The average molecular weight is 372 g/mol. The molecule has 2 aromatic carbocycles. The molecule has 0 aliphatic heterocycles. The summed E-state index contributed by atoms with van der Waals surface area (Å²) in [5.41, 5.74) is 1.54. The molecule has 0 aliphatic carbocycles. The first-order valence-corrected chi connectivity index (χ1v) is 8.56. The summed E-state index contributed by atoms with van der Waals surface area (Å²) >= 11 is 0. The molecule has 3 N–H and O–H groups in total. The fourth-order valence-electron chi connectivity index (χ4n) is 2.65. The topological polar surface area (TPSA) is 96.9 Å². The molecule has 27 heavy (non-hydrogen) atoms. The van der Waals surface area contributed by atoms with E-state index < -0.39 is 12.0 Å². The second kappa shape index (κ2) is 10.1. The van der Waals surface area contributed by atoms with E-state index in [4.69, 9.17) is 14.6 Å². The lowest BCUT2D eigenvalue weighted by molar-refractivity contribution is -0.137. The Kier molecular flexibility index (Phi) is 7.49. The third-order valence-electron chi connectivity index (χ3n) is 3.98. The molecule has 0 fully saturated rings. The molecular formula is C20H24N2O5. The zero-order chi connectivity index (χ0) is 19.6. The number of hydrogen-bond acceptors (Lipinski definition) is 4. The van der Waals surface area contributed by atoms with Gasteiger partial charge in [0.25, 0.3) is 0 Å². The van der Waals surface area contributed by atoms with Gasteiger partial charge in [-0.2, -0.15) is 0 Å². The average Bonchev–Trinajstić information content (AvgIpc) is 2.66. The predicted molar refractivity (Wildman–Crippen MR) is 103 cm³/mol. The normalized spacial score (nSPS) is 11.3. The van der Waals surface area contributed by atoms with Crippen molar-refractivity contribution in [2.24, 2.45) is 0 Å². The minimum absolute atomic E-state index is 0.0231. The van der Waals surface area contributed by atoms with Crippen LogP contribution >= 0.6 is 0 Å². The van der Waals surface area contributed by atoms with Gasteiger partial charge in [-0.05, 0) is 18.4 Å². The number of rotatable bonds is 9. The Hall–Kier alpha value is -3.22. The first kappa shape index (κ1) is 20.1. The monoisotopic (exact) mass is 372 g/mol. The molecule has 144 valence electrons. The molecule has 0 saturated heterocycles. The molecule has 0 aliphatic rings. The third kappa shape index (κ3) is 6.89. The van der Waals surface area contributed by atoms with Crippen LogP contribution in [0.3, 0.4) is 0 Å². The molecule has 2 amide bonds. The molecular weight excluding hydrogens is 348 g/mol. The van der Waals surface area contributed by atoms with Gasteiger partial charge in [0, 0.05) is 36.3 Å². The van der Waals surface area contributed by atoms with Crippen molar-refractivity contribution in [2.75, 3.05) is 19.5 Å². The second-order valence-corrected chi connectivity index (χ2v) is 6.02. The van der Waals surface area contributed by atoms with Crippen molar-refractivity contribution in [1.82, 2.24) is 5.32 Å². The number of carboxylic acids is 1. The molecule has 0 heterocycles. The molecule has 0 radical (unpaired) electrons. The van der Waals surface area contributed by atoms with Gasteiger partial charge in [-0.1, -0.05) is 30.3 Å². The van der Waals surface area contributed by atoms with Gasteiger partial charge in [-0.25, -0.2) is 4.79 Å². The van der Waals surface area contributed by atoms with Crippen LogP contribution in [0.2, 0.25) is 0 Å². The maximum atomic E-state index is 12.4. The number of aliphatic carboxylic acids is 1. The van der Waals surface area contributed by atoms with Crippen LogP contribution in [0.4, 0.5) is 10.5 Å². The predicted octanol–water partition coefficient (Wildman–Crippen LogP) is 3.30. The minimum Gasteiger partial charge on any atom is -0.497 e. The fraction of sp³-hybridized carbons (Fsp3) is 0.300. The summed E-state index contributed by atoms with van der Waals surface area (Å²) in [5, 5.41) is 14.5. The number of carbonyl (C=O) groups excluding carboxylic acids is 1. The van der Waals surface area contributed by atoms with E-state index in [0.717, 1.165) is 5.56 Å². The molecule has 7 heteroatoms. The number of ether oxygens (including phenoxy) is 2. The van der Waals surface area contributed by atoms with Crippen LogP contribution in [0.25, 0.3) is 0 Å². The third-order valence-corrected chi connectivity index (χ3v) is 3.98. The summed E-state index contributed by atoms with van der Waals surface area (Å²) in [7, 11) is 3.06. The molecule has 1 atom stereocenters. The van der Waals surface area contributed by atoms with E-state index in [0.29, 0.717) is 30.0 Å². The Morgan fingerprint density at radius 1 is 1.04 bits per heavy atom. The van der Waals surface area contributed by atoms with E-state index >= 15 is 0 Å². The number of benzene rings is 2. The maximum absolute atomic E-state index is 12.4. The molecule has 0 spiro atoms. The number of anilines is 1. The molecule has 0 bridgehead atoms. The Bertz CT molecular complexity index is 742. The van der Waals surface area contributed by atoms with Crippen LogP contribution in [0.1, 0.15) is 18.4 Å². The second-order valence-electron chi connectivity index (χ2n) is 6.02. The molecule has 2 rings (SSSR count). The molecule has 2 aromatic rings. The van der Waals surface area contributed by atoms with Crippen LogP contribution in [0.5, 0.6) is 11.5 Å². The van der Waals surface area contributed by atoms with E-state index in [-0.39, 0.29) is 12.5 Å². The van der Waals surface area contributed by atoms with Crippen molar-refractivity contribution in [3.05, 3.63) is 54.1 Å². The van der Waals surface area contributed by atoms with E-state index in [1.807, 2.05) is 30.3 Å². The van der Waals surface area contributed by atoms with Crippen LogP contribution in [0.15, 0.2) is 48.5 Å². The summed E-state index contributed by atoms with van der Waals surface area (Å²) in [6.45, 7) is 0. The van der Waals surface area contributed by atoms with Gasteiger partial charge in [0.2, 0.25) is 0 Å². The highest BCUT2D eigenvalue weighted by atomic mass is 16.5. The van der Waals surface area contributed by atoms with Crippen molar-refractivity contribution in [3.63, 3.8) is 0 Å². The van der Waals surface area contributed by atoms with Gasteiger partial charge in [-0.3, -0.25) is 4.79 Å². The first-order chi connectivity index (χ1) is 13.0. The van der Waals surface area contributed by atoms with Gasteiger partial charge < -0.3 is 25.2 Å². The summed E-state index contributed by atoms with van der Waals surface area (Å²) < 4.78 is 10.4. The lowest BCUT2D eigenvalue weighted by atomic mass is 10.0. The van der Waals surface area contributed by atoms with Crippen molar-refractivity contribution in [1.29, 1.82) is 0 Å². The Balaban J connectivity index is 2.04. The van der Waals surface area contributed by atoms with Crippen LogP contribution < -0.4 is 20.1 Å². The first-order valence-electron chi connectivity index (χ1n) is 8.56. The molecule has 1 unspecified atom stereocenters. The van der Waals surface area contributed by atoms with E-state index in [2.05, 4.69) is 10.6 Å². The fourth-order valence-corrected chi connectivity index (χ4v) is 2.65. The number of carboxylic acid groups (broad SMARTS) is 1. The van der Waals surface area contributed by atoms with Gasteiger partial charge in [0.05, 0.1) is 14.2 Å². The largest absolute Gasteiger partial charge is 0.497 e. The van der Waals surface area contributed by atoms with Gasteiger partial charge in [-0.15, -0.1) is 0 Å². The Morgan fingerprint density at radius 3 is 2.22 bits per heavy atom. The Morgan fingerprint density at radius 2 is 1.67 bits per heavy atom. The summed E-state index contributed by atoms with van der Waals surface area (Å²) in [5.74, 6) is 0.209. The smallest absolute Gasteiger partial charge is 0.319 e. The highest BCUT2D eigenvalue weighted by Crippen LogP contribution is 2.25. The SMILES string of the molecule is COc1cc(NC(=O)NC(CCC(=O)O)Cc2ccccc2)cc(OC)c1. The molecule has 0 saturated carbocycles. The lowest BCUT2D eigenvalue weighted by Gasteiger charge is -2.19. The highest BCUT2D eigenvalue weighted by Gasteiger charge is 2.15. The maximum Gasteiger partial charge on any atom is 0.319 e. The lowest BCUT2D eigenvalue weighted by Crippen LogP contribution is -2.39. The quantitative estimate of drug-likeness (QED) is 0.627. The Labute approximate surface area is 158 Å². The van der Waals surface area contributed by atoms with Gasteiger partial charge in [0.1, 0.15) is 11.5 Å². The summed E-state index contributed by atoms with van der Waals surface area (Å²) in [4.78, 5) is 23.3. The highest BCUT2D eigenvalue weighted by molar-refractivity contribution is 5.90. The van der Waals surface area contributed by atoms with Crippen molar-refractivity contribution >= 4 is 17.7 Å². The molecule has 7 nitrogen and oxygen atoms in total. The number of amides is 2. The van der Waals surface area contributed by atoms with Crippen molar-refractivity contribution < 1.29 is 24.2 Å². The standard InChI is InChI=1S/C20H24N2O5/c1-26-17-11-16(12-18(13-17)27-2)22-20(25)21-15(8-9-19(23)24)10-14-6-4-3-5-7-14/h3-7,11-13,15H,8-10H2,1-2H3,(H,23,24)(H2,21,22,25). The summed E-state index contributed by atoms with van der Waals surface area (Å²) in [6.07, 6.45) is 0.854. The van der Waals surface area contributed by atoms with Crippen molar-refractivity contribution in [3.8, 4) is 11.5 Å². The zero-order valence-corrected chi connectivity index (χ0v) is 15.4. The van der Waals surface area contributed by atoms with E-state index in [9.17, 15) is 9.59 Å². The van der Waals surface area contributed by atoms with Gasteiger partial charge >= 0.3 is 12.0 Å². The van der Waals surface area contributed by atoms with Gasteiger partial charge in [0.15, 0.2) is 0 Å². The minimum atomic E-state index is -0.896. The van der Waals surface area contributed by atoms with E-state index in [1.165, 1.54) is 14.2 Å². The van der Waals surface area contributed by atoms with Crippen LogP contribution in [-0.2, 0) is 11.2 Å². The number of methoxy groups -OCH3 is 2. The number of hydrogen-bond donors (Lipinski definition) is 3. The van der Waals surface area contributed by atoms with Crippen LogP contribution in [-0.4, -0.2) is 37.4 Å². The number of carbonyl (C=O) groups is 2. The van der Waals surface area contributed by atoms with Crippen molar-refractivity contribution in [2.45, 2.75) is 25.3 Å². The zero-order valence-electron chi connectivity index (χ0n) is 15.4. The summed E-state index contributed by atoms with van der Waals surface area (Å²) in [6, 6.07) is 13.9. The van der Waals surface area contributed by atoms with E-state index in [1.54, 1.807) is 18.2 Å². The van der Waals surface area contributed by atoms with Crippen LogP contribution in [0, 0.1) is 0 Å². The number of urea groups is 1. The number of nitrogens with one attached hydrogen (secondary N) is 2. The molecule has 0 aromatic heterocycles.